The summed E-state index contributed by atoms with van der Waals surface area (Å²) in [6, 6.07) is 8.27. The van der Waals surface area contributed by atoms with Gasteiger partial charge in [-0.15, -0.1) is 0 Å². The monoisotopic (exact) mass is 365 g/mol. The molecule has 0 N–H and O–H groups in total. The first-order chi connectivity index (χ1) is 12.8. The van der Waals surface area contributed by atoms with E-state index in [2.05, 4.69) is 36.6 Å². The third kappa shape index (κ3) is 3.59. The van der Waals surface area contributed by atoms with E-state index in [1.165, 1.54) is 0 Å². The van der Waals surface area contributed by atoms with Crippen molar-refractivity contribution in [2.45, 2.75) is 60.5 Å². The molecule has 2 heterocycles. The van der Waals surface area contributed by atoms with E-state index >= 15 is 0 Å². The maximum Gasteiger partial charge on any atom is 0.306 e. The second-order valence-corrected chi connectivity index (χ2v) is 7.00. The number of nitrogens with zero attached hydrogens (tertiary/aromatic N) is 3. The van der Waals surface area contributed by atoms with E-state index in [1.807, 2.05) is 26.8 Å². The zero-order valence-corrected chi connectivity index (χ0v) is 17.0. The molecule has 0 radical (unpaired) electrons. The predicted octanol–water partition coefficient (Wildman–Crippen LogP) is 4.92. The van der Waals surface area contributed by atoms with Crippen molar-refractivity contribution in [2.75, 3.05) is 0 Å². The van der Waals surface area contributed by atoms with Gasteiger partial charge < -0.3 is 4.74 Å². The van der Waals surface area contributed by atoms with Crippen LogP contribution in [-0.2, 0) is 16.0 Å². The molecule has 0 bridgehead atoms. The topological polar surface area (TPSA) is 57.0 Å². The van der Waals surface area contributed by atoms with Crippen LogP contribution in [-0.4, -0.2) is 20.5 Å². The standard InChI is InChI=1S/C22H27N3O2/c1-7-19-24-21-14(4)11-15(5)23-22(21)25(19)17-9-10-18(13(3)12-17)16(6)27-20(26)8-2/h9-12,16H,7-8H2,1-6H3. The van der Waals surface area contributed by atoms with Gasteiger partial charge in [0.1, 0.15) is 17.4 Å². The van der Waals surface area contributed by atoms with Gasteiger partial charge in [0.15, 0.2) is 5.65 Å². The van der Waals surface area contributed by atoms with E-state index in [1.54, 1.807) is 6.92 Å². The number of carbonyl (C=O) groups excluding carboxylic acids is 1. The summed E-state index contributed by atoms with van der Waals surface area (Å²) < 4.78 is 7.61. The summed E-state index contributed by atoms with van der Waals surface area (Å²) in [7, 11) is 0. The molecular formula is C22H27N3O2. The first-order valence-electron chi connectivity index (χ1n) is 9.51. The predicted molar refractivity (Wildman–Crippen MR) is 107 cm³/mol. The molecule has 0 aliphatic heterocycles. The highest BCUT2D eigenvalue weighted by Crippen LogP contribution is 2.28. The molecule has 0 aliphatic rings. The Morgan fingerprint density at radius 2 is 1.85 bits per heavy atom. The van der Waals surface area contributed by atoms with Gasteiger partial charge in [-0.25, -0.2) is 9.97 Å². The summed E-state index contributed by atoms with van der Waals surface area (Å²) in [5.41, 5.74) is 7.09. The maximum atomic E-state index is 11.6. The molecule has 1 unspecified atom stereocenters. The SMILES string of the molecule is CCC(=O)OC(C)c1ccc(-n2c(CC)nc3c(C)cc(C)nc32)cc1C. The minimum atomic E-state index is -0.265. The molecule has 5 heteroatoms. The summed E-state index contributed by atoms with van der Waals surface area (Å²) in [5.74, 6) is 0.804. The van der Waals surface area contributed by atoms with Gasteiger partial charge in [0.25, 0.3) is 0 Å². The molecule has 1 aromatic carbocycles. The van der Waals surface area contributed by atoms with E-state index in [0.29, 0.717) is 6.42 Å². The number of hydrogen-bond donors (Lipinski definition) is 0. The summed E-state index contributed by atoms with van der Waals surface area (Å²) in [4.78, 5) is 21.2. The molecule has 0 amide bonds. The highest BCUT2D eigenvalue weighted by atomic mass is 16.5. The van der Waals surface area contributed by atoms with Crippen molar-refractivity contribution in [3.8, 4) is 5.69 Å². The fourth-order valence-electron chi connectivity index (χ4n) is 3.51. The summed E-state index contributed by atoms with van der Waals surface area (Å²) in [6.45, 7) is 11.9. The Kier molecular flexibility index (Phi) is 5.31. The van der Waals surface area contributed by atoms with Crippen LogP contribution in [0.2, 0.25) is 0 Å². The lowest BCUT2D eigenvalue weighted by Crippen LogP contribution is -2.09. The van der Waals surface area contributed by atoms with E-state index in [9.17, 15) is 4.79 Å². The smallest absolute Gasteiger partial charge is 0.306 e. The first-order valence-corrected chi connectivity index (χ1v) is 9.51. The van der Waals surface area contributed by atoms with Crippen molar-refractivity contribution in [2.24, 2.45) is 0 Å². The van der Waals surface area contributed by atoms with Gasteiger partial charge in [-0.05, 0) is 62.6 Å². The highest BCUT2D eigenvalue weighted by Gasteiger charge is 2.17. The number of ether oxygens (including phenoxy) is 1. The van der Waals surface area contributed by atoms with Crippen molar-refractivity contribution in [3.63, 3.8) is 0 Å². The highest BCUT2D eigenvalue weighted by molar-refractivity contribution is 5.78. The number of aryl methyl sites for hydroxylation is 4. The third-order valence-corrected chi connectivity index (χ3v) is 4.87. The van der Waals surface area contributed by atoms with Crippen LogP contribution in [0.4, 0.5) is 0 Å². The van der Waals surface area contributed by atoms with Crippen molar-refractivity contribution < 1.29 is 9.53 Å². The second kappa shape index (κ2) is 7.51. The molecule has 0 aliphatic carbocycles. The summed E-state index contributed by atoms with van der Waals surface area (Å²) in [5, 5.41) is 0. The Bertz CT molecular complexity index is 1000. The molecular weight excluding hydrogens is 338 g/mol. The number of benzene rings is 1. The molecule has 0 saturated heterocycles. The molecule has 0 spiro atoms. The van der Waals surface area contributed by atoms with E-state index in [4.69, 9.17) is 14.7 Å². The molecule has 1 atom stereocenters. The van der Waals surface area contributed by atoms with Crippen molar-refractivity contribution >= 4 is 17.1 Å². The molecule has 3 aromatic rings. The maximum absolute atomic E-state index is 11.6. The molecule has 0 saturated carbocycles. The minimum Gasteiger partial charge on any atom is -0.458 e. The van der Waals surface area contributed by atoms with Gasteiger partial charge in [0, 0.05) is 24.2 Å². The number of imidazole rings is 1. The second-order valence-electron chi connectivity index (χ2n) is 7.00. The number of rotatable bonds is 5. The van der Waals surface area contributed by atoms with E-state index < -0.39 is 0 Å². The van der Waals surface area contributed by atoms with Crippen LogP contribution >= 0.6 is 0 Å². The number of hydrogen-bond acceptors (Lipinski definition) is 4. The first kappa shape index (κ1) is 19.1. The van der Waals surface area contributed by atoms with Crippen LogP contribution in [0.3, 0.4) is 0 Å². The Morgan fingerprint density at radius 1 is 1.11 bits per heavy atom. The van der Waals surface area contributed by atoms with Gasteiger partial charge in [-0.3, -0.25) is 9.36 Å². The van der Waals surface area contributed by atoms with Gasteiger partial charge in [0.2, 0.25) is 0 Å². The quantitative estimate of drug-likeness (QED) is 0.602. The van der Waals surface area contributed by atoms with Crippen LogP contribution < -0.4 is 0 Å². The van der Waals surface area contributed by atoms with Crippen molar-refractivity contribution in [1.29, 1.82) is 0 Å². The average molecular weight is 365 g/mol. The Morgan fingerprint density at radius 3 is 2.48 bits per heavy atom. The fraction of sp³-hybridized carbons (Fsp3) is 0.409. The van der Waals surface area contributed by atoms with Crippen LogP contribution in [0.25, 0.3) is 16.9 Å². The number of pyridine rings is 1. The van der Waals surface area contributed by atoms with Crippen LogP contribution in [0.1, 0.15) is 61.5 Å². The van der Waals surface area contributed by atoms with E-state index in [-0.39, 0.29) is 12.1 Å². The zero-order valence-electron chi connectivity index (χ0n) is 17.0. The zero-order chi connectivity index (χ0) is 19.7. The normalized spacial score (nSPS) is 12.4. The summed E-state index contributed by atoms with van der Waals surface area (Å²) >= 11 is 0. The lowest BCUT2D eigenvalue weighted by atomic mass is 10.0. The Labute approximate surface area is 160 Å². The molecule has 27 heavy (non-hydrogen) atoms. The number of esters is 1. The number of aromatic nitrogens is 3. The molecule has 5 nitrogen and oxygen atoms in total. The van der Waals surface area contributed by atoms with Gasteiger partial charge >= 0.3 is 5.97 Å². The van der Waals surface area contributed by atoms with Crippen molar-refractivity contribution in [3.05, 3.63) is 52.5 Å². The Hall–Kier alpha value is -2.69. The molecule has 3 rings (SSSR count). The van der Waals surface area contributed by atoms with Crippen molar-refractivity contribution in [1.82, 2.24) is 14.5 Å². The summed E-state index contributed by atoms with van der Waals surface area (Å²) in [6.07, 6.45) is 0.937. The van der Waals surface area contributed by atoms with Crippen LogP contribution in [0.15, 0.2) is 24.3 Å². The van der Waals surface area contributed by atoms with Crippen LogP contribution in [0.5, 0.6) is 0 Å². The average Bonchev–Trinajstić information content (AvgIpc) is 3.00. The van der Waals surface area contributed by atoms with Gasteiger partial charge in [-0.2, -0.15) is 0 Å². The lowest BCUT2D eigenvalue weighted by molar-refractivity contribution is -0.148. The Balaban J connectivity index is 2.10. The minimum absolute atomic E-state index is 0.185. The van der Waals surface area contributed by atoms with Gasteiger partial charge in [0.05, 0.1) is 0 Å². The molecule has 0 fully saturated rings. The largest absolute Gasteiger partial charge is 0.458 e. The third-order valence-electron chi connectivity index (χ3n) is 4.87. The number of carbonyl (C=O) groups is 1. The molecule has 2 aromatic heterocycles. The number of fused-ring (bicyclic) bond motifs is 1. The molecule has 142 valence electrons. The lowest BCUT2D eigenvalue weighted by Gasteiger charge is -2.17. The van der Waals surface area contributed by atoms with Crippen LogP contribution in [0, 0.1) is 20.8 Å². The van der Waals surface area contributed by atoms with Gasteiger partial charge in [-0.1, -0.05) is 19.9 Å². The fourth-order valence-corrected chi connectivity index (χ4v) is 3.51. The van der Waals surface area contributed by atoms with E-state index in [0.717, 1.165) is 51.5 Å².